The Morgan fingerprint density at radius 1 is 1.41 bits per heavy atom. The van der Waals surface area contributed by atoms with Gasteiger partial charge in [0.1, 0.15) is 5.60 Å². The molecule has 0 bridgehead atoms. The summed E-state index contributed by atoms with van der Waals surface area (Å²) in [5.41, 5.74) is 1.44. The standard InChI is InChI=1S/C19H22N4O4/c1-13-4-2-5-14(10-13)17-21-15(27-22-17)6-7-16(24)23-9-3-8-19(12-23)11-20-18(25)26-19/h2,4-5,10H,3,6-9,11-12H2,1H3,(H,20,25)/t19-/m1/s1. The van der Waals surface area contributed by atoms with Crippen LogP contribution in [0.3, 0.4) is 0 Å². The Hall–Kier alpha value is -2.90. The number of carbonyl (C=O) groups excluding carboxylic acids is 2. The van der Waals surface area contributed by atoms with E-state index in [0.29, 0.717) is 37.8 Å². The molecule has 2 amide bonds. The van der Waals surface area contributed by atoms with E-state index in [2.05, 4.69) is 15.5 Å². The zero-order valence-electron chi connectivity index (χ0n) is 15.2. The molecule has 8 heteroatoms. The maximum atomic E-state index is 12.6. The topological polar surface area (TPSA) is 97.6 Å². The molecule has 2 aromatic rings. The highest BCUT2D eigenvalue weighted by Crippen LogP contribution is 2.28. The zero-order valence-corrected chi connectivity index (χ0v) is 15.2. The molecule has 4 rings (SSSR count). The third-order valence-corrected chi connectivity index (χ3v) is 5.05. The Labute approximate surface area is 156 Å². The highest BCUT2D eigenvalue weighted by atomic mass is 16.6. The fourth-order valence-electron chi connectivity index (χ4n) is 3.67. The summed E-state index contributed by atoms with van der Waals surface area (Å²) < 4.78 is 10.7. The summed E-state index contributed by atoms with van der Waals surface area (Å²) in [7, 11) is 0. The molecule has 3 heterocycles. The molecule has 0 aliphatic carbocycles. The Bertz CT molecular complexity index is 865. The molecule has 0 unspecified atom stereocenters. The lowest BCUT2D eigenvalue weighted by Gasteiger charge is -2.38. The van der Waals surface area contributed by atoms with E-state index in [0.717, 1.165) is 24.0 Å². The predicted octanol–water partition coefficient (Wildman–Crippen LogP) is 2.08. The lowest BCUT2D eigenvalue weighted by atomic mass is 9.93. The lowest BCUT2D eigenvalue weighted by molar-refractivity contribution is -0.136. The van der Waals surface area contributed by atoms with Crippen molar-refractivity contribution in [1.29, 1.82) is 0 Å². The van der Waals surface area contributed by atoms with Crippen molar-refractivity contribution in [2.24, 2.45) is 0 Å². The highest BCUT2D eigenvalue weighted by Gasteiger charge is 2.44. The summed E-state index contributed by atoms with van der Waals surface area (Å²) in [6, 6.07) is 7.87. The van der Waals surface area contributed by atoms with Crippen LogP contribution in [0.15, 0.2) is 28.8 Å². The van der Waals surface area contributed by atoms with Crippen molar-refractivity contribution in [1.82, 2.24) is 20.4 Å². The van der Waals surface area contributed by atoms with Gasteiger partial charge in [0.05, 0.1) is 13.1 Å². The van der Waals surface area contributed by atoms with Crippen LogP contribution in [-0.2, 0) is 16.0 Å². The number of carbonyl (C=O) groups is 2. The molecule has 2 fully saturated rings. The number of rotatable bonds is 4. The fraction of sp³-hybridized carbons (Fsp3) is 0.474. The van der Waals surface area contributed by atoms with Gasteiger partial charge in [-0.2, -0.15) is 4.98 Å². The number of hydrogen-bond acceptors (Lipinski definition) is 6. The fourth-order valence-corrected chi connectivity index (χ4v) is 3.67. The van der Waals surface area contributed by atoms with Gasteiger partial charge in [-0.25, -0.2) is 4.79 Å². The minimum atomic E-state index is -0.576. The third kappa shape index (κ3) is 3.79. The second-order valence-electron chi connectivity index (χ2n) is 7.23. The molecule has 1 aromatic carbocycles. The first-order chi connectivity index (χ1) is 13.0. The molecule has 2 aliphatic rings. The zero-order chi connectivity index (χ0) is 18.9. The summed E-state index contributed by atoms with van der Waals surface area (Å²) in [5, 5.41) is 6.69. The molecule has 2 saturated heterocycles. The van der Waals surface area contributed by atoms with Crippen molar-refractivity contribution in [2.45, 2.75) is 38.2 Å². The monoisotopic (exact) mass is 370 g/mol. The minimum absolute atomic E-state index is 0.00679. The van der Waals surface area contributed by atoms with E-state index in [1.807, 2.05) is 31.2 Å². The van der Waals surface area contributed by atoms with E-state index in [-0.39, 0.29) is 12.3 Å². The third-order valence-electron chi connectivity index (χ3n) is 5.05. The number of aromatic nitrogens is 2. The quantitative estimate of drug-likeness (QED) is 0.885. The molecule has 27 heavy (non-hydrogen) atoms. The largest absolute Gasteiger partial charge is 0.439 e. The molecular weight excluding hydrogens is 348 g/mol. The van der Waals surface area contributed by atoms with Gasteiger partial charge in [0.15, 0.2) is 0 Å². The Morgan fingerprint density at radius 3 is 3.07 bits per heavy atom. The number of hydrogen-bond donors (Lipinski definition) is 1. The van der Waals surface area contributed by atoms with Gasteiger partial charge in [-0.05, 0) is 25.8 Å². The van der Waals surface area contributed by atoms with Crippen molar-refractivity contribution in [3.63, 3.8) is 0 Å². The normalized spacial score (nSPS) is 22.0. The molecular formula is C19H22N4O4. The number of nitrogens with zero attached hydrogens (tertiary/aromatic N) is 3. The van der Waals surface area contributed by atoms with E-state index in [9.17, 15) is 9.59 Å². The molecule has 142 valence electrons. The first kappa shape index (κ1) is 17.5. The van der Waals surface area contributed by atoms with Crippen molar-refractivity contribution in [3.8, 4) is 11.4 Å². The van der Waals surface area contributed by atoms with Gasteiger partial charge in [0.2, 0.25) is 17.6 Å². The molecule has 0 radical (unpaired) electrons. The summed E-state index contributed by atoms with van der Waals surface area (Å²) in [4.78, 5) is 30.1. The van der Waals surface area contributed by atoms with Gasteiger partial charge in [-0.1, -0.05) is 28.9 Å². The molecule has 0 saturated carbocycles. The van der Waals surface area contributed by atoms with Crippen molar-refractivity contribution < 1.29 is 18.8 Å². The van der Waals surface area contributed by atoms with Crippen LogP contribution >= 0.6 is 0 Å². The number of piperidine rings is 1. The molecule has 1 aromatic heterocycles. The molecule has 1 spiro atoms. The van der Waals surface area contributed by atoms with Crippen LogP contribution in [0.1, 0.15) is 30.7 Å². The number of benzene rings is 1. The summed E-state index contributed by atoms with van der Waals surface area (Å²) in [5.74, 6) is 0.981. The molecule has 8 nitrogen and oxygen atoms in total. The Balaban J connectivity index is 1.35. The average molecular weight is 370 g/mol. The van der Waals surface area contributed by atoms with Gasteiger partial charge in [-0.3, -0.25) is 4.79 Å². The lowest BCUT2D eigenvalue weighted by Crippen LogP contribution is -2.52. The van der Waals surface area contributed by atoms with E-state index in [1.54, 1.807) is 4.90 Å². The van der Waals surface area contributed by atoms with E-state index in [1.165, 1.54) is 0 Å². The van der Waals surface area contributed by atoms with Crippen LogP contribution in [0.4, 0.5) is 4.79 Å². The molecule has 1 atom stereocenters. The van der Waals surface area contributed by atoms with Crippen LogP contribution in [-0.4, -0.2) is 52.3 Å². The van der Waals surface area contributed by atoms with Crippen LogP contribution in [0.25, 0.3) is 11.4 Å². The maximum absolute atomic E-state index is 12.6. The summed E-state index contributed by atoms with van der Waals surface area (Å²) >= 11 is 0. The van der Waals surface area contributed by atoms with Gasteiger partial charge in [0.25, 0.3) is 0 Å². The molecule has 1 N–H and O–H groups in total. The summed E-state index contributed by atoms with van der Waals surface area (Å²) in [6.45, 7) is 3.57. The van der Waals surface area contributed by atoms with Crippen LogP contribution in [0, 0.1) is 6.92 Å². The van der Waals surface area contributed by atoms with Crippen LogP contribution < -0.4 is 5.32 Å². The number of amides is 2. The number of aryl methyl sites for hydroxylation is 2. The summed E-state index contributed by atoms with van der Waals surface area (Å²) in [6.07, 6.45) is 1.86. The smallest absolute Gasteiger partial charge is 0.407 e. The first-order valence-electron chi connectivity index (χ1n) is 9.17. The number of ether oxygens (including phenoxy) is 1. The average Bonchev–Trinajstić information content (AvgIpc) is 3.27. The predicted molar refractivity (Wildman–Crippen MR) is 95.8 cm³/mol. The van der Waals surface area contributed by atoms with E-state index < -0.39 is 11.7 Å². The number of alkyl carbamates (subject to hydrolysis) is 1. The number of likely N-dealkylation sites (tertiary alicyclic amines) is 1. The minimum Gasteiger partial charge on any atom is -0.439 e. The van der Waals surface area contributed by atoms with Crippen molar-refractivity contribution in [2.75, 3.05) is 19.6 Å². The van der Waals surface area contributed by atoms with Crippen molar-refractivity contribution in [3.05, 3.63) is 35.7 Å². The SMILES string of the molecule is Cc1cccc(-c2noc(CCC(=O)N3CCC[C@@]4(CNC(=O)O4)C3)n2)c1. The Morgan fingerprint density at radius 2 is 2.30 bits per heavy atom. The second kappa shape index (κ2) is 7.02. The van der Waals surface area contributed by atoms with Crippen LogP contribution in [0.2, 0.25) is 0 Å². The van der Waals surface area contributed by atoms with Crippen molar-refractivity contribution >= 4 is 12.0 Å². The molecule has 2 aliphatic heterocycles. The van der Waals surface area contributed by atoms with Gasteiger partial charge < -0.3 is 19.5 Å². The van der Waals surface area contributed by atoms with Gasteiger partial charge >= 0.3 is 6.09 Å². The first-order valence-corrected chi connectivity index (χ1v) is 9.17. The highest BCUT2D eigenvalue weighted by molar-refractivity contribution is 5.77. The second-order valence-corrected chi connectivity index (χ2v) is 7.23. The Kier molecular flexibility index (Phi) is 4.55. The van der Waals surface area contributed by atoms with Crippen LogP contribution in [0.5, 0.6) is 0 Å². The van der Waals surface area contributed by atoms with E-state index >= 15 is 0 Å². The number of nitrogens with one attached hydrogen (secondary N) is 1. The van der Waals surface area contributed by atoms with E-state index in [4.69, 9.17) is 9.26 Å². The van der Waals surface area contributed by atoms with Gasteiger partial charge in [-0.15, -0.1) is 0 Å². The maximum Gasteiger partial charge on any atom is 0.407 e. The van der Waals surface area contributed by atoms with Gasteiger partial charge in [0, 0.05) is 24.9 Å².